The maximum atomic E-state index is 13.0. The molecule has 1 saturated heterocycles. The first-order valence-corrected chi connectivity index (χ1v) is 9.33. The fourth-order valence-corrected chi connectivity index (χ4v) is 3.14. The van der Waals surface area contributed by atoms with Gasteiger partial charge in [-0.2, -0.15) is 13.2 Å². The van der Waals surface area contributed by atoms with Crippen molar-refractivity contribution in [1.29, 1.82) is 0 Å². The Kier molecular flexibility index (Phi) is 6.96. The van der Waals surface area contributed by atoms with Gasteiger partial charge in [0.15, 0.2) is 0 Å². The zero-order valence-electron chi connectivity index (χ0n) is 16.5. The van der Waals surface area contributed by atoms with E-state index < -0.39 is 23.8 Å². The van der Waals surface area contributed by atoms with Gasteiger partial charge in [0.2, 0.25) is 0 Å². The van der Waals surface area contributed by atoms with E-state index in [-0.39, 0.29) is 19.0 Å². The van der Waals surface area contributed by atoms with E-state index >= 15 is 0 Å². The lowest BCUT2D eigenvalue weighted by molar-refractivity contribution is -0.187. The number of nitrogens with zero attached hydrogens (tertiary/aromatic N) is 2. The first-order valence-electron chi connectivity index (χ1n) is 9.33. The molecule has 0 aliphatic carbocycles. The van der Waals surface area contributed by atoms with Crippen LogP contribution in [0, 0.1) is 5.92 Å². The Morgan fingerprint density at radius 1 is 1.11 bits per heavy atom. The lowest BCUT2D eigenvalue weighted by Gasteiger charge is -2.35. The Hall–Kier alpha value is -2.25. The molecule has 1 fully saturated rings. The number of hydrogen-bond acceptors (Lipinski definition) is 3. The number of rotatable bonds is 4. The summed E-state index contributed by atoms with van der Waals surface area (Å²) < 4.78 is 44.4. The third kappa shape index (κ3) is 6.73. The highest BCUT2D eigenvalue weighted by Gasteiger charge is 2.43. The summed E-state index contributed by atoms with van der Waals surface area (Å²) in [5.41, 5.74) is 0.0470. The molecular formula is C20H27F3N2O3. The number of carbonyl (C=O) groups excluding carboxylic acids is 2. The van der Waals surface area contributed by atoms with Crippen LogP contribution in [-0.4, -0.2) is 53.2 Å². The van der Waals surface area contributed by atoms with Crippen molar-refractivity contribution in [2.24, 2.45) is 5.92 Å². The molecular weight excluding hydrogens is 373 g/mol. The molecule has 1 aromatic carbocycles. The van der Waals surface area contributed by atoms with Crippen molar-refractivity contribution in [3.05, 3.63) is 35.9 Å². The molecule has 0 saturated carbocycles. The summed E-state index contributed by atoms with van der Waals surface area (Å²) >= 11 is 0. The van der Waals surface area contributed by atoms with Gasteiger partial charge in [-0.15, -0.1) is 0 Å². The molecule has 0 aromatic heterocycles. The maximum Gasteiger partial charge on any atom is 0.471 e. The van der Waals surface area contributed by atoms with Gasteiger partial charge in [-0.1, -0.05) is 30.3 Å². The summed E-state index contributed by atoms with van der Waals surface area (Å²) in [4.78, 5) is 26.4. The van der Waals surface area contributed by atoms with E-state index in [0.29, 0.717) is 31.5 Å². The van der Waals surface area contributed by atoms with E-state index in [1.165, 1.54) is 0 Å². The largest absolute Gasteiger partial charge is 0.471 e. The Labute approximate surface area is 163 Å². The molecule has 0 spiro atoms. The average Bonchev–Trinajstić information content (AvgIpc) is 2.60. The Morgan fingerprint density at radius 3 is 2.18 bits per heavy atom. The predicted molar refractivity (Wildman–Crippen MR) is 98.4 cm³/mol. The Morgan fingerprint density at radius 2 is 1.68 bits per heavy atom. The van der Waals surface area contributed by atoms with Crippen LogP contribution in [0.3, 0.4) is 0 Å². The fourth-order valence-electron chi connectivity index (χ4n) is 3.14. The number of hydrogen-bond donors (Lipinski definition) is 0. The summed E-state index contributed by atoms with van der Waals surface area (Å²) in [7, 11) is 0. The number of benzene rings is 1. The summed E-state index contributed by atoms with van der Waals surface area (Å²) in [6.45, 7) is 6.06. The van der Waals surface area contributed by atoms with Gasteiger partial charge in [-0.3, -0.25) is 4.79 Å². The number of ether oxygens (including phenoxy) is 1. The first kappa shape index (κ1) is 22.0. The van der Waals surface area contributed by atoms with E-state index in [9.17, 15) is 22.8 Å². The van der Waals surface area contributed by atoms with Crippen LogP contribution in [0.25, 0.3) is 0 Å². The summed E-state index contributed by atoms with van der Waals surface area (Å²) in [6, 6.07) is 8.62. The first-order chi connectivity index (χ1) is 13.0. The lowest BCUT2D eigenvalue weighted by Crippen LogP contribution is -2.46. The van der Waals surface area contributed by atoms with Crippen molar-refractivity contribution in [2.75, 3.05) is 19.6 Å². The second kappa shape index (κ2) is 8.84. The van der Waals surface area contributed by atoms with Gasteiger partial charge in [0.05, 0.1) is 0 Å². The van der Waals surface area contributed by atoms with Crippen molar-refractivity contribution in [2.45, 2.75) is 51.9 Å². The molecule has 5 nitrogen and oxygen atoms in total. The molecule has 8 heteroatoms. The van der Waals surface area contributed by atoms with Gasteiger partial charge in [0.1, 0.15) is 5.60 Å². The topological polar surface area (TPSA) is 49.9 Å². The molecule has 1 heterocycles. The standard InChI is InChI=1S/C20H27F3N2O3/c1-19(2,3)28-18(27)24-11-9-16(10-12-24)14-25(17(26)20(21,22)23)13-15-7-5-4-6-8-15/h4-8,16H,9-14H2,1-3H3. The van der Waals surface area contributed by atoms with Crippen LogP contribution in [0.5, 0.6) is 0 Å². The summed E-state index contributed by atoms with van der Waals surface area (Å²) in [5.74, 6) is -1.93. The minimum absolute atomic E-state index is 0.00932. The average molecular weight is 400 g/mol. The molecule has 1 aromatic rings. The van der Waals surface area contributed by atoms with Crippen LogP contribution in [0.1, 0.15) is 39.2 Å². The SMILES string of the molecule is CC(C)(C)OC(=O)N1CCC(CN(Cc2ccccc2)C(=O)C(F)(F)F)CC1. The zero-order chi connectivity index (χ0) is 20.9. The molecule has 0 N–H and O–H groups in total. The van der Waals surface area contributed by atoms with Crippen LogP contribution < -0.4 is 0 Å². The van der Waals surface area contributed by atoms with Gasteiger partial charge in [0.25, 0.3) is 0 Å². The molecule has 0 unspecified atom stereocenters. The highest BCUT2D eigenvalue weighted by Crippen LogP contribution is 2.25. The normalized spacial score (nSPS) is 16.0. The van der Waals surface area contributed by atoms with Crippen molar-refractivity contribution < 1.29 is 27.5 Å². The van der Waals surface area contributed by atoms with Gasteiger partial charge >= 0.3 is 18.2 Å². The molecule has 2 amide bonds. The molecule has 1 aliphatic heterocycles. The number of likely N-dealkylation sites (tertiary alicyclic amines) is 1. The van der Waals surface area contributed by atoms with Crippen molar-refractivity contribution in [1.82, 2.24) is 9.80 Å². The van der Waals surface area contributed by atoms with Crippen LogP contribution in [0.15, 0.2) is 30.3 Å². The van der Waals surface area contributed by atoms with Crippen LogP contribution >= 0.6 is 0 Å². The smallest absolute Gasteiger partial charge is 0.444 e. The quantitative estimate of drug-likeness (QED) is 0.760. The van der Waals surface area contributed by atoms with Crippen LogP contribution in [0.2, 0.25) is 0 Å². The third-order valence-electron chi connectivity index (χ3n) is 4.49. The van der Waals surface area contributed by atoms with Gasteiger partial charge in [-0.05, 0) is 45.1 Å². The van der Waals surface area contributed by atoms with E-state index in [0.717, 1.165) is 4.90 Å². The molecule has 28 heavy (non-hydrogen) atoms. The molecule has 0 bridgehead atoms. The highest BCUT2D eigenvalue weighted by molar-refractivity contribution is 5.81. The lowest BCUT2D eigenvalue weighted by atomic mass is 9.96. The monoisotopic (exact) mass is 400 g/mol. The molecule has 2 rings (SSSR count). The van der Waals surface area contributed by atoms with E-state index in [1.807, 2.05) is 0 Å². The predicted octanol–water partition coefficient (Wildman–Crippen LogP) is 4.22. The van der Waals surface area contributed by atoms with E-state index in [4.69, 9.17) is 4.74 Å². The number of carbonyl (C=O) groups is 2. The number of piperidine rings is 1. The van der Waals surface area contributed by atoms with Gasteiger partial charge in [-0.25, -0.2) is 4.79 Å². The van der Waals surface area contributed by atoms with Gasteiger partial charge in [0, 0.05) is 26.2 Å². The summed E-state index contributed by atoms with van der Waals surface area (Å²) in [5, 5.41) is 0. The fraction of sp³-hybridized carbons (Fsp3) is 0.600. The number of amides is 2. The minimum Gasteiger partial charge on any atom is -0.444 e. The number of halogens is 3. The Balaban J connectivity index is 1.97. The van der Waals surface area contributed by atoms with Crippen LogP contribution in [-0.2, 0) is 16.1 Å². The van der Waals surface area contributed by atoms with Crippen LogP contribution in [0.4, 0.5) is 18.0 Å². The van der Waals surface area contributed by atoms with Crippen molar-refractivity contribution in [3.8, 4) is 0 Å². The minimum atomic E-state index is -4.91. The van der Waals surface area contributed by atoms with Crippen molar-refractivity contribution >= 4 is 12.0 Å². The van der Waals surface area contributed by atoms with Gasteiger partial charge < -0.3 is 14.5 Å². The zero-order valence-corrected chi connectivity index (χ0v) is 16.5. The highest BCUT2D eigenvalue weighted by atomic mass is 19.4. The van der Waals surface area contributed by atoms with E-state index in [1.54, 1.807) is 56.0 Å². The van der Waals surface area contributed by atoms with E-state index in [2.05, 4.69) is 0 Å². The molecule has 0 radical (unpaired) electrons. The second-order valence-corrected chi connectivity index (χ2v) is 8.08. The third-order valence-corrected chi connectivity index (χ3v) is 4.49. The number of alkyl halides is 3. The Bertz CT molecular complexity index is 664. The van der Waals surface area contributed by atoms with Crippen molar-refractivity contribution in [3.63, 3.8) is 0 Å². The summed E-state index contributed by atoms with van der Waals surface area (Å²) in [6.07, 6.45) is -4.28. The second-order valence-electron chi connectivity index (χ2n) is 8.08. The maximum absolute atomic E-state index is 13.0. The molecule has 0 atom stereocenters. The molecule has 156 valence electrons. The molecule has 1 aliphatic rings.